The summed E-state index contributed by atoms with van der Waals surface area (Å²) in [4.78, 5) is 30.9. The van der Waals surface area contributed by atoms with Crippen LogP contribution < -0.4 is 5.32 Å². The van der Waals surface area contributed by atoms with E-state index in [2.05, 4.69) is 10.2 Å². The second-order valence-electron chi connectivity index (χ2n) is 8.96. The highest BCUT2D eigenvalue weighted by Crippen LogP contribution is 2.36. The van der Waals surface area contributed by atoms with Crippen molar-refractivity contribution in [2.75, 3.05) is 26.0 Å². The molecule has 1 aliphatic heterocycles. The molecular weight excluding hydrogens is 445 g/mol. The minimum atomic E-state index is -0.850. The van der Waals surface area contributed by atoms with Crippen molar-refractivity contribution in [1.29, 1.82) is 0 Å². The van der Waals surface area contributed by atoms with Crippen LogP contribution in [0.1, 0.15) is 34.6 Å². The Morgan fingerprint density at radius 3 is 2.31 bits per heavy atom. The van der Waals surface area contributed by atoms with E-state index in [0.29, 0.717) is 29.1 Å². The lowest BCUT2D eigenvalue weighted by Gasteiger charge is -2.15. The van der Waals surface area contributed by atoms with E-state index in [0.717, 1.165) is 24.1 Å². The van der Waals surface area contributed by atoms with Crippen molar-refractivity contribution in [2.24, 2.45) is 4.99 Å². The molecule has 0 bridgehead atoms. The highest BCUT2D eigenvalue weighted by atomic mass is 19.1. The first kappa shape index (κ1) is 24.3. The molecule has 1 heterocycles. The van der Waals surface area contributed by atoms with Crippen LogP contribution in [0.25, 0.3) is 0 Å². The molecule has 4 rings (SSSR count). The number of aliphatic carboxylic acids is 1. The van der Waals surface area contributed by atoms with Crippen molar-refractivity contribution < 1.29 is 19.1 Å². The molecule has 2 N–H and O–H groups in total. The zero-order valence-corrected chi connectivity index (χ0v) is 19.8. The largest absolute Gasteiger partial charge is 0.481 e. The van der Waals surface area contributed by atoms with Gasteiger partial charge < -0.3 is 15.3 Å². The Morgan fingerprint density at radius 1 is 1.00 bits per heavy atom. The van der Waals surface area contributed by atoms with E-state index in [-0.39, 0.29) is 12.3 Å². The van der Waals surface area contributed by atoms with Crippen molar-refractivity contribution in [3.8, 4) is 0 Å². The zero-order chi connectivity index (χ0) is 24.9. The Balaban J connectivity index is 1.70. The maximum atomic E-state index is 13.8. The normalized spacial score (nSPS) is 15.3. The van der Waals surface area contributed by atoms with Crippen molar-refractivity contribution in [3.05, 3.63) is 94.8 Å². The molecule has 1 atom stereocenters. The number of nitrogens with one attached hydrogen (secondary N) is 1. The van der Waals surface area contributed by atoms with Crippen LogP contribution >= 0.6 is 0 Å². The molecule has 0 spiro atoms. The predicted octanol–water partition coefficient (Wildman–Crippen LogP) is 4.80. The first-order valence-corrected chi connectivity index (χ1v) is 11.5. The fourth-order valence-corrected chi connectivity index (χ4v) is 4.12. The number of anilines is 1. The van der Waals surface area contributed by atoms with Crippen LogP contribution in [0.15, 0.2) is 71.7 Å². The number of carboxylic acid groups (broad SMARTS) is 1. The van der Waals surface area contributed by atoms with Crippen LogP contribution in [0.2, 0.25) is 0 Å². The monoisotopic (exact) mass is 473 g/mol. The molecule has 0 saturated carbocycles. The number of amides is 1. The van der Waals surface area contributed by atoms with Crippen LogP contribution in [-0.4, -0.2) is 48.2 Å². The number of carboxylic acids is 1. The molecule has 1 unspecified atom stereocenters. The van der Waals surface area contributed by atoms with Crippen molar-refractivity contribution >= 4 is 29.0 Å². The summed E-state index contributed by atoms with van der Waals surface area (Å²) in [5, 5.41) is 11.7. The lowest BCUT2D eigenvalue weighted by molar-refractivity contribution is -0.137. The van der Waals surface area contributed by atoms with Crippen LogP contribution in [0.5, 0.6) is 0 Å². The highest BCUT2D eigenvalue weighted by Gasteiger charge is 2.35. The number of nitrogens with zero attached hydrogens (tertiary/aromatic N) is 2. The first-order valence-electron chi connectivity index (χ1n) is 11.5. The van der Waals surface area contributed by atoms with Gasteiger partial charge in [-0.1, -0.05) is 42.5 Å². The lowest BCUT2D eigenvalue weighted by Crippen LogP contribution is -2.22. The van der Waals surface area contributed by atoms with Gasteiger partial charge in [0.1, 0.15) is 11.7 Å². The van der Waals surface area contributed by atoms with Gasteiger partial charge in [0.05, 0.1) is 11.4 Å². The van der Waals surface area contributed by atoms with Gasteiger partial charge in [0, 0.05) is 18.7 Å². The Labute approximate surface area is 204 Å². The maximum Gasteiger partial charge on any atom is 0.303 e. The number of likely N-dealkylation sites (N-methyl/N-ethyl adjacent to an activating group) is 1. The summed E-state index contributed by atoms with van der Waals surface area (Å²) in [5.41, 5.74) is 5.22. The number of hydrogen-bond donors (Lipinski definition) is 2. The van der Waals surface area contributed by atoms with Gasteiger partial charge in [0.15, 0.2) is 0 Å². The Bertz CT molecular complexity index is 1250. The van der Waals surface area contributed by atoms with E-state index >= 15 is 0 Å². The van der Waals surface area contributed by atoms with Crippen molar-refractivity contribution in [2.45, 2.75) is 25.2 Å². The van der Waals surface area contributed by atoms with Crippen LogP contribution in [-0.2, 0) is 22.4 Å². The van der Waals surface area contributed by atoms with Crippen LogP contribution in [0.4, 0.5) is 15.8 Å². The van der Waals surface area contributed by atoms with Gasteiger partial charge in [0.25, 0.3) is 0 Å². The summed E-state index contributed by atoms with van der Waals surface area (Å²) in [5.74, 6) is -2.22. The lowest BCUT2D eigenvalue weighted by atomic mass is 9.90. The average molecular weight is 474 g/mol. The number of benzene rings is 3. The molecule has 0 aromatic heterocycles. The number of hydrogen-bond acceptors (Lipinski definition) is 4. The third kappa shape index (κ3) is 6.00. The number of carbonyl (C=O) groups excluding carboxylic acids is 1. The number of aryl methyl sites for hydroxylation is 1. The molecular formula is C28H28FN3O3. The van der Waals surface area contributed by atoms with Gasteiger partial charge in [-0.05, 0) is 73.5 Å². The average Bonchev–Trinajstić information content (AvgIpc) is 3.15. The second-order valence-corrected chi connectivity index (χ2v) is 8.96. The van der Waals surface area contributed by atoms with E-state index in [1.54, 1.807) is 6.07 Å². The van der Waals surface area contributed by atoms with Gasteiger partial charge in [0.2, 0.25) is 5.91 Å². The molecule has 0 aliphatic carbocycles. The van der Waals surface area contributed by atoms with E-state index in [4.69, 9.17) is 10.1 Å². The second kappa shape index (κ2) is 10.6. The number of fused-ring (bicyclic) bond motifs is 1. The molecule has 3 aromatic carbocycles. The van der Waals surface area contributed by atoms with E-state index in [9.17, 15) is 14.0 Å². The fraction of sp³-hybridized carbons (Fsp3) is 0.250. The zero-order valence-electron chi connectivity index (χ0n) is 19.8. The molecule has 0 radical (unpaired) electrons. The van der Waals surface area contributed by atoms with Gasteiger partial charge >= 0.3 is 5.97 Å². The topological polar surface area (TPSA) is 82.0 Å². The number of aliphatic imine (C=N–C) groups is 1. The Morgan fingerprint density at radius 2 is 1.66 bits per heavy atom. The summed E-state index contributed by atoms with van der Waals surface area (Å²) >= 11 is 0. The highest BCUT2D eigenvalue weighted by molar-refractivity contribution is 6.24. The molecule has 1 aliphatic rings. The smallest absolute Gasteiger partial charge is 0.303 e. The Kier molecular flexibility index (Phi) is 7.36. The molecule has 7 heteroatoms. The molecule has 3 aromatic rings. The summed E-state index contributed by atoms with van der Waals surface area (Å²) in [6, 6.07) is 19.7. The minimum Gasteiger partial charge on any atom is -0.481 e. The molecule has 0 fully saturated rings. The van der Waals surface area contributed by atoms with Crippen LogP contribution in [0, 0.1) is 5.82 Å². The van der Waals surface area contributed by atoms with Gasteiger partial charge in [-0.15, -0.1) is 0 Å². The summed E-state index contributed by atoms with van der Waals surface area (Å²) in [7, 11) is 4.07. The van der Waals surface area contributed by atoms with Gasteiger partial charge in [-0.3, -0.25) is 14.6 Å². The molecule has 0 saturated heterocycles. The summed E-state index contributed by atoms with van der Waals surface area (Å²) < 4.78 is 13.8. The maximum absolute atomic E-state index is 13.8. The van der Waals surface area contributed by atoms with Crippen molar-refractivity contribution in [3.63, 3.8) is 0 Å². The minimum absolute atomic E-state index is 0.0461. The third-order valence-corrected chi connectivity index (χ3v) is 6.03. The van der Waals surface area contributed by atoms with Crippen molar-refractivity contribution in [1.82, 2.24) is 4.90 Å². The fourth-order valence-electron chi connectivity index (χ4n) is 4.12. The summed E-state index contributed by atoms with van der Waals surface area (Å²) in [6.45, 7) is 0.942. The van der Waals surface area contributed by atoms with Gasteiger partial charge in [-0.2, -0.15) is 0 Å². The van der Waals surface area contributed by atoms with Crippen LogP contribution in [0.3, 0.4) is 0 Å². The molecule has 35 heavy (non-hydrogen) atoms. The number of carbonyl (C=O) groups is 2. The quantitative estimate of drug-likeness (QED) is 0.437. The Hall–Kier alpha value is -3.84. The standard InChI is InChI=1S/C28H28FN3O3/c1-32(2)16-15-19-5-11-22(12-6-19)30-27(20-8-3-18(4-9-20)7-14-25(33)34)26-23-13-10-21(29)17-24(23)31-28(26)35/h3-6,8-13,17,26H,7,14-16H2,1-2H3,(H,31,35)(H,33,34). The third-order valence-electron chi connectivity index (χ3n) is 6.03. The number of rotatable bonds is 9. The van der Waals surface area contributed by atoms with E-state index in [1.807, 2.05) is 62.6 Å². The summed E-state index contributed by atoms with van der Waals surface area (Å²) in [6.07, 6.45) is 1.39. The predicted molar refractivity (Wildman–Crippen MR) is 135 cm³/mol. The number of halogens is 1. The van der Waals surface area contributed by atoms with E-state index < -0.39 is 17.7 Å². The van der Waals surface area contributed by atoms with Gasteiger partial charge in [-0.25, -0.2) is 4.39 Å². The van der Waals surface area contributed by atoms with E-state index in [1.165, 1.54) is 17.7 Å². The molecule has 1 amide bonds. The molecule has 6 nitrogen and oxygen atoms in total. The molecule has 180 valence electrons. The SMILES string of the molecule is CN(C)CCc1ccc(N=C(c2ccc(CCC(=O)O)cc2)C2C(=O)Nc3cc(F)ccc32)cc1. The first-order chi connectivity index (χ1) is 16.8.